The summed E-state index contributed by atoms with van der Waals surface area (Å²) in [6, 6.07) is 0. The molecule has 1 aliphatic heterocycles. The van der Waals surface area contributed by atoms with Gasteiger partial charge in [0.25, 0.3) is 0 Å². The molecule has 1 aliphatic rings. The second-order valence-electron chi connectivity index (χ2n) is 7.19. The first-order valence-electron chi connectivity index (χ1n) is 7.64. The quantitative estimate of drug-likeness (QED) is 0.705. The Bertz CT molecular complexity index is 337. The number of nitrogens with zero attached hydrogens (tertiary/aromatic N) is 1. The monoisotopic (exact) mass is 302 g/mol. The lowest BCUT2D eigenvalue weighted by Gasteiger charge is -2.36. The molecule has 21 heavy (non-hydrogen) atoms. The topological polar surface area (TPSA) is 82.0 Å². The van der Waals surface area contributed by atoms with E-state index in [2.05, 4.69) is 5.32 Å². The first-order valence-corrected chi connectivity index (χ1v) is 7.64. The molecule has 1 heterocycles. The lowest BCUT2D eigenvalue weighted by Crippen LogP contribution is -2.52. The van der Waals surface area contributed by atoms with Gasteiger partial charge in [-0.05, 0) is 46.5 Å². The van der Waals surface area contributed by atoms with Crippen LogP contribution in [-0.2, 0) is 4.74 Å². The van der Waals surface area contributed by atoms with Gasteiger partial charge in [0.15, 0.2) is 0 Å². The van der Waals surface area contributed by atoms with E-state index < -0.39 is 11.1 Å². The molecule has 1 amide bonds. The molecule has 6 heteroatoms. The van der Waals surface area contributed by atoms with Crippen LogP contribution in [0.5, 0.6) is 0 Å². The summed E-state index contributed by atoms with van der Waals surface area (Å²) in [7, 11) is 0. The van der Waals surface area contributed by atoms with E-state index in [-0.39, 0.29) is 19.3 Å². The number of likely N-dealkylation sites (tertiary alicyclic amines) is 1. The van der Waals surface area contributed by atoms with Gasteiger partial charge in [-0.3, -0.25) is 0 Å². The molecule has 0 bridgehead atoms. The van der Waals surface area contributed by atoms with Gasteiger partial charge in [-0.2, -0.15) is 0 Å². The maximum absolute atomic E-state index is 12.1. The third kappa shape index (κ3) is 6.20. The van der Waals surface area contributed by atoms with Crippen LogP contribution in [-0.4, -0.2) is 65.2 Å². The molecule has 6 nitrogen and oxygen atoms in total. The van der Waals surface area contributed by atoms with Crippen LogP contribution in [0.2, 0.25) is 0 Å². The number of piperidine rings is 1. The second kappa shape index (κ2) is 7.42. The fourth-order valence-electron chi connectivity index (χ4n) is 2.28. The van der Waals surface area contributed by atoms with Crippen molar-refractivity contribution in [1.82, 2.24) is 10.2 Å². The molecule has 0 radical (unpaired) electrons. The van der Waals surface area contributed by atoms with Crippen LogP contribution >= 0.6 is 0 Å². The van der Waals surface area contributed by atoms with Crippen LogP contribution in [0, 0.1) is 5.92 Å². The average Bonchev–Trinajstić information content (AvgIpc) is 2.43. The van der Waals surface area contributed by atoms with Crippen LogP contribution in [0.1, 0.15) is 40.5 Å². The van der Waals surface area contributed by atoms with Gasteiger partial charge >= 0.3 is 6.09 Å². The minimum atomic E-state index is -0.672. The summed E-state index contributed by atoms with van der Waals surface area (Å²) in [5.41, 5.74) is -1.15. The van der Waals surface area contributed by atoms with E-state index in [1.165, 1.54) is 0 Å². The zero-order valence-corrected chi connectivity index (χ0v) is 13.7. The highest BCUT2D eigenvalue weighted by Crippen LogP contribution is 2.19. The lowest BCUT2D eigenvalue weighted by atomic mass is 9.96. The molecule has 0 aromatic heterocycles. The zero-order chi connectivity index (χ0) is 16.1. The molecule has 0 aliphatic carbocycles. The largest absolute Gasteiger partial charge is 0.444 e. The highest BCUT2D eigenvalue weighted by atomic mass is 16.6. The Morgan fingerprint density at radius 3 is 2.43 bits per heavy atom. The molecule has 1 fully saturated rings. The van der Waals surface area contributed by atoms with Crippen molar-refractivity contribution < 1.29 is 19.7 Å². The van der Waals surface area contributed by atoms with Gasteiger partial charge in [0.05, 0.1) is 18.8 Å². The standard InChI is InChI=1S/C15H30N2O4/c1-14(2,3)21-13(20)17-7-5-6-12(9-17)8-16-15(4,10-18)11-19/h12,16,18-19H,5-11H2,1-4H3. The van der Waals surface area contributed by atoms with E-state index in [9.17, 15) is 15.0 Å². The summed E-state index contributed by atoms with van der Waals surface area (Å²) < 4.78 is 5.40. The number of ether oxygens (including phenoxy) is 1. The van der Waals surface area contributed by atoms with E-state index in [0.717, 1.165) is 19.4 Å². The smallest absolute Gasteiger partial charge is 0.410 e. The average molecular weight is 302 g/mol. The highest BCUT2D eigenvalue weighted by molar-refractivity contribution is 5.68. The highest BCUT2D eigenvalue weighted by Gasteiger charge is 2.29. The lowest BCUT2D eigenvalue weighted by molar-refractivity contribution is 0.0155. The van der Waals surface area contributed by atoms with Crippen molar-refractivity contribution in [3.8, 4) is 0 Å². The van der Waals surface area contributed by atoms with Crippen molar-refractivity contribution in [3.05, 3.63) is 0 Å². The second-order valence-corrected chi connectivity index (χ2v) is 7.19. The molecule has 1 unspecified atom stereocenters. The molecular weight excluding hydrogens is 272 g/mol. The molecule has 0 aromatic rings. The van der Waals surface area contributed by atoms with Crippen LogP contribution < -0.4 is 5.32 Å². The van der Waals surface area contributed by atoms with E-state index in [0.29, 0.717) is 19.0 Å². The van der Waals surface area contributed by atoms with E-state index in [4.69, 9.17) is 4.74 Å². The minimum Gasteiger partial charge on any atom is -0.444 e. The van der Waals surface area contributed by atoms with Crippen LogP contribution in [0.4, 0.5) is 4.79 Å². The Balaban J connectivity index is 2.47. The molecule has 1 saturated heterocycles. The van der Waals surface area contributed by atoms with E-state index in [1.54, 1.807) is 11.8 Å². The van der Waals surface area contributed by atoms with Gasteiger partial charge in [-0.15, -0.1) is 0 Å². The normalized spacial score (nSPS) is 20.5. The number of aliphatic hydroxyl groups is 2. The van der Waals surface area contributed by atoms with Crippen LogP contribution in [0.3, 0.4) is 0 Å². The van der Waals surface area contributed by atoms with E-state index >= 15 is 0 Å². The third-order valence-corrected chi connectivity index (χ3v) is 3.69. The van der Waals surface area contributed by atoms with Crippen molar-refractivity contribution in [2.45, 2.75) is 51.7 Å². The maximum Gasteiger partial charge on any atom is 0.410 e. The Kier molecular flexibility index (Phi) is 6.43. The van der Waals surface area contributed by atoms with Crippen molar-refractivity contribution in [1.29, 1.82) is 0 Å². The number of hydrogen-bond donors (Lipinski definition) is 3. The molecule has 1 atom stereocenters. The minimum absolute atomic E-state index is 0.119. The van der Waals surface area contributed by atoms with Crippen LogP contribution in [0.15, 0.2) is 0 Å². The zero-order valence-electron chi connectivity index (χ0n) is 13.7. The number of amides is 1. The fourth-order valence-corrected chi connectivity index (χ4v) is 2.28. The Morgan fingerprint density at radius 1 is 1.29 bits per heavy atom. The number of carbonyl (C=O) groups excluding carboxylic acids is 1. The maximum atomic E-state index is 12.1. The third-order valence-electron chi connectivity index (χ3n) is 3.69. The van der Waals surface area contributed by atoms with Crippen molar-refractivity contribution in [2.24, 2.45) is 5.92 Å². The number of rotatable bonds is 5. The van der Waals surface area contributed by atoms with Crippen molar-refractivity contribution >= 4 is 6.09 Å². The molecule has 0 spiro atoms. The molecule has 1 rings (SSSR count). The van der Waals surface area contributed by atoms with Gasteiger partial charge in [-0.1, -0.05) is 0 Å². The molecule has 0 aromatic carbocycles. The molecule has 0 saturated carbocycles. The van der Waals surface area contributed by atoms with Crippen molar-refractivity contribution in [2.75, 3.05) is 32.8 Å². The molecule has 124 valence electrons. The Labute approximate surface area is 127 Å². The Hall–Kier alpha value is -0.850. The first kappa shape index (κ1) is 18.2. The number of nitrogens with one attached hydrogen (secondary N) is 1. The number of carbonyl (C=O) groups is 1. The van der Waals surface area contributed by atoms with Crippen molar-refractivity contribution in [3.63, 3.8) is 0 Å². The number of hydrogen-bond acceptors (Lipinski definition) is 5. The molecule has 3 N–H and O–H groups in total. The van der Waals surface area contributed by atoms with Gasteiger partial charge in [0, 0.05) is 19.6 Å². The van der Waals surface area contributed by atoms with Crippen LogP contribution in [0.25, 0.3) is 0 Å². The Morgan fingerprint density at radius 2 is 1.90 bits per heavy atom. The van der Waals surface area contributed by atoms with Gasteiger partial charge in [0.1, 0.15) is 5.60 Å². The number of aliphatic hydroxyl groups excluding tert-OH is 2. The van der Waals surface area contributed by atoms with Gasteiger partial charge in [0.2, 0.25) is 0 Å². The predicted octanol–water partition coefficient (Wildman–Crippen LogP) is 0.966. The predicted molar refractivity (Wildman–Crippen MR) is 81.1 cm³/mol. The summed E-state index contributed by atoms with van der Waals surface area (Å²) in [6.07, 6.45) is 1.71. The summed E-state index contributed by atoms with van der Waals surface area (Å²) in [6.45, 7) is 9.17. The van der Waals surface area contributed by atoms with Gasteiger partial charge in [-0.25, -0.2) is 4.79 Å². The van der Waals surface area contributed by atoms with Gasteiger partial charge < -0.3 is 25.2 Å². The molecular formula is C15H30N2O4. The SMILES string of the molecule is CC(CO)(CO)NCC1CCCN(C(=O)OC(C)(C)C)C1. The summed E-state index contributed by atoms with van der Waals surface area (Å²) in [5, 5.41) is 21.7. The fraction of sp³-hybridized carbons (Fsp3) is 0.933. The summed E-state index contributed by atoms with van der Waals surface area (Å²) >= 11 is 0. The summed E-state index contributed by atoms with van der Waals surface area (Å²) in [5.74, 6) is 0.309. The van der Waals surface area contributed by atoms with E-state index in [1.807, 2.05) is 20.8 Å². The first-order chi connectivity index (χ1) is 9.69. The summed E-state index contributed by atoms with van der Waals surface area (Å²) in [4.78, 5) is 13.8.